The molecule has 1 aromatic heterocycles. The molecule has 1 amide bonds. The molecule has 1 aliphatic rings. The number of nitrogens with zero attached hydrogens (tertiary/aromatic N) is 3. The Morgan fingerprint density at radius 2 is 2.00 bits per heavy atom. The molecule has 2 rings (SSSR count). The lowest BCUT2D eigenvalue weighted by molar-refractivity contribution is -0.137. The lowest BCUT2D eigenvalue weighted by Gasteiger charge is -2.35. The Morgan fingerprint density at radius 1 is 1.32 bits per heavy atom. The van der Waals surface area contributed by atoms with Crippen molar-refractivity contribution >= 4 is 11.7 Å². The Kier molecular flexibility index (Phi) is 6.60. The van der Waals surface area contributed by atoms with Crippen molar-refractivity contribution in [2.75, 3.05) is 44.2 Å². The van der Waals surface area contributed by atoms with Crippen LogP contribution in [-0.4, -0.2) is 66.3 Å². The van der Waals surface area contributed by atoms with Gasteiger partial charge in [-0.3, -0.25) is 4.79 Å². The smallest absolute Gasteiger partial charge is 0.392 e. The molecule has 1 fully saturated rings. The van der Waals surface area contributed by atoms with E-state index in [4.69, 9.17) is 5.11 Å². The zero-order valence-corrected chi connectivity index (χ0v) is 14.1. The molecule has 1 aromatic rings. The van der Waals surface area contributed by atoms with Gasteiger partial charge in [0.05, 0.1) is 11.7 Å². The van der Waals surface area contributed by atoms with Gasteiger partial charge in [0, 0.05) is 51.9 Å². The first kappa shape index (κ1) is 19.5. The minimum absolute atomic E-state index is 0.0260. The lowest BCUT2D eigenvalue weighted by Crippen LogP contribution is -2.49. The second-order valence-electron chi connectivity index (χ2n) is 6.07. The number of carbonyl (C=O) groups is 1. The number of amides is 1. The van der Waals surface area contributed by atoms with E-state index in [0.717, 1.165) is 12.3 Å². The third kappa shape index (κ3) is 5.86. The average Bonchev–Trinajstić information content (AvgIpc) is 2.58. The quantitative estimate of drug-likeness (QED) is 0.744. The number of pyridine rings is 1. The Balaban J connectivity index is 1.78. The molecule has 0 radical (unpaired) electrons. The molecule has 9 heteroatoms. The number of halogens is 3. The molecule has 0 bridgehead atoms. The number of aliphatic hydroxyl groups excluding tert-OH is 1. The maximum absolute atomic E-state index is 12.6. The molecule has 0 aliphatic carbocycles. The van der Waals surface area contributed by atoms with Crippen LogP contribution in [0, 0.1) is 0 Å². The van der Waals surface area contributed by atoms with E-state index in [1.165, 1.54) is 6.07 Å². The number of carbonyl (C=O) groups excluding carboxylic acids is 1. The first-order chi connectivity index (χ1) is 11.8. The second kappa shape index (κ2) is 8.48. The van der Waals surface area contributed by atoms with Crippen LogP contribution >= 0.6 is 0 Å². The van der Waals surface area contributed by atoms with Crippen LogP contribution in [0.3, 0.4) is 0 Å². The van der Waals surface area contributed by atoms with Crippen LogP contribution in [0.1, 0.15) is 18.9 Å². The Labute approximate surface area is 144 Å². The molecule has 25 heavy (non-hydrogen) atoms. The number of hydrogen-bond acceptors (Lipinski definition) is 5. The molecule has 1 saturated heterocycles. The SMILES string of the molecule is CC(O)CNCCC(=O)N1CCN(c2ccc(C(F)(F)F)cn2)CC1. The summed E-state index contributed by atoms with van der Waals surface area (Å²) in [6.45, 7) is 4.71. The summed E-state index contributed by atoms with van der Waals surface area (Å²) < 4.78 is 37.7. The number of hydrogen-bond donors (Lipinski definition) is 2. The van der Waals surface area contributed by atoms with Crippen molar-refractivity contribution in [2.24, 2.45) is 0 Å². The van der Waals surface area contributed by atoms with E-state index >= 15 is 0 Å². The summed E-state index contributed by atoms with van der Waals surface area (Å²) in [4.78, 5) is 19.6. The number of piperazine rings is 1. The first-order valence-corrected chi connectivity index (χ1v) is 8.22. The van der Waals surface area contributed by atoms with Crippen molar-refractivity contribution in [3.63, 3.8) is 0 Å². The predicted octanol–water partition coefficient (Wildman–Crippen LogP) is 1.11. The molecular weight excluding hydrogens is 337 g/mol. The largest absolute Gasteiger partial charge is 0.417 e. The Hall–Kier alpha value is -1.87. The van der Waals surface area contributed by atoms with E-state index in [-0.39, 0.29) is 5.91 Å². The molecular formula is C16H23F3N4O2. The van der Waals surface area contributed by atoms with Gasteiger partial charge < -0.3 is 20.2 Å². The standard InChI is InChI=1S/C16H23F3N4O2/c1-12(24)10-20-5-4-15(25)23-8-6-22(7-9-23)14-3-2-13(11-21-14)16(17,18)19/h2-3,11-12,20,24H,4-10H2,1H3. The molecule has 0 spiro atoms. The fourth-order valence-electron chi connectivity index (χ4n) is 2.59. The van der Waals surface area contributed by atoms with Gasteiger partial charge in [-0.05, 0) is 19.1 Å². The van der Waals surface area contributed by atoms with Crippen LogP contribution in [0.4, 0.5) is 19.0 Å². The highest BCUT2D eigenvalue weighted by molar-refractivity contribution is 5.76. The van der Waals surface area contributed by atoms with Gasteiger partial charge in [-0.1, -0.05) is 0 Å². The van der Waals surface area contributed by atoms with Gasteiger partial charge in [-0.2, -0.15) is 13.2 Å². The third-order valence-corrected chi connectivity index (χ3v) is 3.99. The van der Waals surface area contributed by atoms with Crippen LogP contribution in [-0.2, 0) is 11.0 Å². The van der Waals surface area contributed by atoms with Gasteiger partial charge in [-0.25, -0.2) is 4.98 Å². The number of nitrogens with one attached hydrogen (secondary N) is 1. The Bertz CT molecular complexity index is 555. The normalized spacial score (nSPS) is 16.8. The number of alkyl halides is 3. The monoisotopic (exact) mass is 360 g/mol. The number of anilines is 1. The molecule has 2 N–H and O–H groups in total. The van der Waals surface area contributed by atoms with Gasteiger partial charge in [0.1, 0.15) is 5.82 Å². The van der Waals surface area contributed by atoms with E-state index in [1.807, 2.05) is 4.90 Å². The van der Waals surface area contributed by atoms with Gasteiger partial charge in [0.25, 0.3) is 0 Å². The van der Waals surface area contributed by atoms with Crippen molar-refractivity contribution in [3.8, 4) is 0 Å². The maximum Gasteiger partial charge on any atom is 0.417 e. The summed E-state index contributed by atoms with van der Waals surface area (Å²) in [6.07, 6.45) is -3.65. The topological polar surface area (TPSA) is 68.7 Å². The molecule has 1 unspecified atom stereocenters. The number of aliphatic hydroxyl groups is 1. The van der Waals surface area contributed by atoms with Gasteiger partial charge in [0.15, 0.2) is 0 Å². The molecule has 6 nitrogen and oxygen atoms in total. The summed E-state index contributed by atoms with van der Waals surface area (Å²) in [6, 6.07) is 2.38. The van der Waals surface area contributed by atoms with Crippen molar-refractivity contribution in [1.82, 2.24) is 15.2 Å². The highest BCUT2D eigenvalue weighted by atomic mass is 19.4. The second-order valence-corrected chi connectivity index (χ2v) is 6.07. The minimum atomic E-state index is -4.39. The zero-order valence-electron chi connectivity index (χ0n) is 14.1. The van der Waals surface area contributed by atoms with Crippen LogP contribution in [0.25, 0.3) is 0 Å². The van der Waals surface area contributed by atoms with E-state index in [0.29, 0.717) is 51.5 Å². The summed E-state index contributed by atoms with van der Waals surface area (Å²) in [5.41, 5.74) is -0.769. The van der Waals surface area contributed by atoms with Crippen LogP contribution < -0.4 is 10.2 Å². The van der Waals surface area contributed by atoms with Gasteiger partial charge >= 0.3 is 6.18 Å². The zero-order chi connectivity index (χ0) is 18.4. The summed E-state index contributed by atoms with van der Waals surface area (Å²) in [7, 11) is 0. The molecule has 0 saturated carbocycles. The predicted molar refractivity (Wildman–Crippen MR) is 87.2 cm³/mol. The van der Waals surface area contributed by atoms with Crippen molar-refractivity contribution in [2.45, 2.75) is 25.6 Å². The van der Waals surface area contributed by atoms with E-state index in [2.05, 4.69) is 10.3 Å². The van der Waals surface area contributed by atoms with Crippen molar-refractivity contribution in [1.29, 1.82) is 0 Å². The molecule has 1 aliphatic heterocycles. The lowest BCUT2D eigenvalue weighted by atomic mass is 10.2. The summed E-state index contributed by atoms with van der Waals surface area (Å²) in [5, 5.41) is 12.1. The first-order valence-electron chi connectivity index (χ1n) is 8.22. The maximum atomic E-state index is 12.6. The summed E-state index contributed by atoms with van der Waals surface area (Å²) >= 11 is 0. The molecule has 140 valence electrons. The average molecular weight is 360 g/mol. The fourth-order valence-corrected chi connectivity index (χ4v) is 2.59. The Morgan fingerprint density at radius 3 is 2.52 bits per heavy atom. The highest BCUT2D eigenvalue weighted by Crippen LogP contribution is 2.29. The fraction of sp³-hybridized carbons (Fsp3) is 0.625. The van der Waals surface area contributed by atoms with Gasteiger partial charge in [0.2, 0.25) is 5.91 Å². The number of rotatable bonds is 6. The third-order valence-electron chi connectivity index (χ3n) is 3.99. The minimum Gasteiger partial charge on any atom is -0.392 e. The van der Waals surface area contributed by atoms with E-state index < -0.39 is 17.8 Å². The van der Waals surface area contributed by atoms with Gasteiger partial charge in [-0.15, -0.1) is 0 Å². The molecule has 0 aromatic carbocycles. The van der Waals surface area contributed by atoms with Crippen LogP contribution in [0.15, 0.2) is 18.3 Å². The van der Waals surface area contributed by atoms with E-state index in [1.54, 1.807) is 11.8 Å². The van der Waals surface area contributed by atoms with Crippen LogP contribution in [0.5, 0.6) is 0 Å². The highest BCUT2D eigenvalue weighted by Gasteiger charge is 2.31. The number of aromatic nitrogens is 1. The van der Waals surface area contributed by atoms with E-state index in [9.17, 15) is 18.0 Å². The van der Waals surface area contributed by atoms with Crippen LogP contribution in [0.2, 0.25) is 0 Å². The van der Waals surface area contributed by atoms with Crippen molar-refractivity contribution in [3.05, 3.63) is 23.9 Å². The molecule has 2 heterocycles. The summed E-state index contributed by atoms with van der Waals surface area (Å²) in [5.74, 6) is 0.511. The molecule has 1 atom stereocenters. The van der Waals surface area contributed by atoms with Crippen molar-refractivity contribution < 1.29 is 23.1 Å².